The summed E-state index contributed by atoms with van der Waals surface area (Å²) >= 11 is 0. The minimum atomic E-state index is 0.0935. The monoisotopic (exact) mass is 252 g/mol. The number of amides is 1. The fourth-order valence-corrected chi connectivity index (χ4v) is 3.72. The zero-order valence-corrected chi connectivity index (χ0v) is 12.0. The molecule has 0 aromatic rings. The molecular weight excluding hydrogens is 224 g/mol. The van der Waals surface area contributed by atoms with Crippen LogP contribution in [-0.2, 0) is 4.79 Å². The molecule has 18 heavy (non-hydrogen) atoms. The van der Waals surface area contributed by atoms with Crippen molar-refractivity contribution in [2.24, 2.45) is 0 Å². The van der Waals surface area contributed by atoms with Gasteiger partial charge in [-0.3, -0.25) is 4.79 Å². The molecule has 0 radical (unpaired) electrons. The first-order chi connectivity index (χ1) is 8.71. The van der Waals surface area contributed by atoms with Crippen molar-refractivity contribution in [3.05, 3.63) is 0 Å². The third kappa shape index (κ3) is 2.87. The van der Waals surface area contributed by atoms with Gasteiger partial charge in [-0.25, -0.2) is 0 Å². The Kier molecular flexibility index (Phi) is 4.66. The lowest BCUT2D eigenvalue weighted by molar-refractivity contribution is -0.134. The number of nitrogens with zero attached hydrogens (tertiary/aromatic N) is 1. The maximum atomic E-state index is 12.5. The predicted molar refractivity (Wildman–Crippen MR) is 74.5 cm³/mol. The molecule has 2 rings (SSSR count). The summed E-state index contributed by atoms with van der Waals surface area (Å²) in [7, 11) is 2.03. The Hall–Kier alpha value is -0.570. The molecule has 1 unspecified atom stereocenters. The molecule has 1 saturated carbocycles. The summed E-state index contributed by atoms with van der Waals surface area (Å²) in [6.07, 6.45) is 10.4. The molecule has 1 aliphatic carbocycles. The van der Waals surface area contributed by atoms with E-state index in [0.29, 0.717) is 18.4 Å². The van der Waals surface area contributed by atoms with Crippen LogP contribution in [0.4, 0.5) is 0 Å². The molecule has 2 fully saturated rings. The summed E-state index contributed by atoms with van der Waals surface area (Å²) in [5.41, 5.74) is 0.0935. The Morgan fingerprint density at radius 3 is 2.61 bits per heavy atom. The van der Waals surface area contributed by atoms with Crippen LogP contribution in [0.2, 0.25) is 0 Å². The van der Waals surface area contributed by atoms with Gasteiger partial charge in [0.2, 0.25) is 5.91 Å². The molecule has 1 atom stereocenters. The third-order valence-electron chi connectivity index (χ3n) is 5.00. The van der Waals surface area contributed by atoms with Gasteiger partial charge in [0.25, 0.3) is 0 Å². The Balaban J connectivity index is 1.96. The molecule has 1 aliphatic heterocycles. The van der Waals surface area contributed by atoms with E-state index < -0.39 is 0 Å². The molecule has 1 N–H and O–H groups in total. The van der Waals surface area contributed by atoms with E-state index in [9.17, 15) is 4.79 Å². The van der Waals surface area contributed by atoms with E-state index >= 15 is 0 Å². The van der Waals surface area contributed by atoms with Gasteiger partial charge < -0.3 is 10.2 Å². The summed E-state index contributed by atoms with van der Waals surface area (Å²) in [5, 5.41) is 3.46. The number of hydrogen-bond acceptors (Lipinski definition) is 2. The number of rotatable bonds is 4. The van der Waals surface area contributed by atoms with E-state index in [1.54, 1.807) is 0 Å². The van der Waals surface area contributed by atoms with Crippen LogP contribution in [0.25, 0.3) is 0 Å². The molecular formula is C15H28N2O. The average molecular weight is 252 g/mol. The highest BCUT2D eigenvalue weighted by Gasteiger charge is 2.36. The van der Waals surface area contributed by atoms with E-state index in [0.717, 1.165) is 13.0 Å². The lowest BCUT2D eigenvalue weighted by atomic mass is 9.79. The zero-order chi connectivity index (χ0) is 13.0. The summed E-state index contributed by atoms with van der Waals surface area (Å²) in [6, 6.07) is 0.509. The van der Waals surface area contributed by atoms with Crippen molar-refractivity contribution < 1.29 is 4.79 Å². The van der Waals surface area contributed by atoms with Gasteiger partial charge in [0.1, 0.15) is 0 Å². The molecule has 0 spiro atoms. The fraction of sp³-hybridized carbons (Fsp3) is 0.933. The van der Waals surface area contributed by atoms with Gasteiger partial charge in [-0.15, -0.1) is 0 Å². The minimum absolute atomic E-state index is 0.0935. The van der Waals surface area contributed by atoms with Crippen molar-refractivity contribution in [3.63, 3.8) is 0 Å². The first-order valence-corrected chi connectivity index (χ1v) is 7.69. The maximum Gasteiger partial charge on any atom is 0.224 e. The number of carbonyl (C=O) groups excluding carboxylic acids is 1. The normalized spacial score (nSPS) is 27.4. The van der Waals surface area contributed by atoms with E-state index in [-0.39, 0.29) is 5.54 Å². The van der Waals surface area contributed by atoms with Crippen LogP contribution in [0.15, 0.2) is 0 Å². The number of carbonyl (C=O) groups is 1. The van der Waals surface area contributed by atoms with E-state index in [4.69, 9.17) is 0 Å². The molecule has 1 heterocycles. The Morgan fingerprint density at radius 2 is 2.00 bits per heavy atom. The van der Waals surface area contributed by atoms with Crippen molar-refractivity contribution in [1.29, 1.82) is 0 Å². The second kappa shape index (κ2) is 6.05. The summed E-state index contributed by atoms with van der Waals surface area (Å²) < 4.78 is 0. The fourth-order valence-electron chi connectivity index (χ4n) is 3.72. The molecule has 2 aliphatic rings. The molecule has 3 nitrogen and oxygen atoms in total. The van der Waals surface area contributed by atoms with Gasteiger partial charge in [-0.05, 0) is 39.2 Å². The highest BCUT2D eigenvalue weighted by atomic mass is 16.2. The van der Waals surface area contributed by atoms with Crippen LogP contribution in [0.3, 0.4) is 0 Å². The Morgan fingerprint density at radius 1 is 1.28 bits per heavy atom. The molecule has 0 aromatic heterocycles. The van der Waals surface area contributed by atoms with Crippen LogP contribution in [0, 0.1) is 0 Å². The summed E-state index contributed by atoms with van der Waals surface area (Å²) in [6.45, 7) is 3.18. The SMILES string of the molecule is CCC1CCCN1C(=O)CC1(NC)CCCCC1. The summed E-state index contributed by atoms with van der Waals surface area (Å²) in [5.74, 6) is 0.385. The van der Waals surface area contributed by atoms with Crippen molar-refractivity contribution in [1.82, 2.24) is 10.2 Å². The molecule has 104 valence electrons. The van der Waals surface area contributed by atoms with Crippen molar-refractivity contribution in [3.8, 4) is 0 Å². The van der Waals surface area contributed by atoms with Crippen molar-refractivity contribution in [2.45, 2.75) is 76.3 Å². The average Bonchev–Trinajstić information content (AvgIpc) is 2.88. The first kappa shape index (κ1) is 13.9. The number of hydrogen-bond donors (Lipinski definition) is 1. The second-order valence-corrected chi connectivity index (χ2v) is 6.06. The Bertz CT molecular complexity index is 284. The van der Waals surface area contributed by atoms with Gasteiger partial charge in [-0.2, -0.15) is 0 Å². The van der Waals surface area contributed by atoms with E-state index in [1.165, 1.54) is 44.9 Å². The van der Waals surface area contributed by atoms with Gasteiger partial charge in [0, 0.05) is 24.5 Å². The van der Waals surface area contributed by atoms with Crippen molar-refractivity contribution >= 4 is 5.91 Å². The molecule has 3 heteroatoms. The Labute approximate surface area is 111 Å². The largest absolute Gasteiger partial charge is 0.340 e. The van der Waals surface area contributed by atoms with Crippen molar-refractivity contribution in [2.75, 3.05) is 13.6 Å². The minimum Gasteiger partial charge on any atom is -0.340 e. The predicted octanol–water partition coefficient (Wildman–Crippen LogP) is 2.70. The molecule has 0 aromatic carbocycles. The standard InChI is InChI=1S/C15H28N2O/c1-3-13-8-7-11-17(13)14(18)12-15(16-2)9-5-4-6-10-15/h13,16H,3-12H2,1-2H3. The third-order valence-corrected chi connectivity index (χ3v) is 5.00. The lowest BCUT2D eigenvalue weighted by Gasteiger charge is -2.38. The zero-order valence-electron chi connectivity index (χ0n) is 12.0. The second-order valence-electron chi connectivity index (χ2n) is 6.06. The van der Waals surface area contributed by atoms with Crippen LogP contribution < -0.4 is 5.32 Å². The highest BCUT2D eigenvalue weighted by molar-refractivity contribution is 5.78. The van der Waals surface area contributed by atoms with Gasteiger partial charge in [-0.1, -0.05) is 26.2 Å². The van der Waals surface area contributed by atoms with E-state index in [2.05, 4.69) is 17.1 Å². The van der Waals surface area contributed by atoms with E-state index in [1.807, 2.05) is 7.05 Å². The van der Waals surface area contributed by atoms with Gasteiger partial charge in [0.05, 0.1) is 0 Å². The molecule has 1 saturated heterocycles. The molecule has 1 amide bonds. The smallest absolute Gasteiger partial charge is 0.224 e. The molecule has 0 bridgehead atoms. The quantitative estimate of drug-likeness (QED) is 0.834. The number of nitrogens with one attached hydrogen (secondary N) is 1. The first-order valence-electron chi connectivity index (χ1n) is 7.69. The highest BCUT2D eigenvalue weighted by Crippen LogP contribution is 2.32. The van der Waals surface area contributed by atoms with Gasteiger partial charge in [0.15, 0.2) is 0 Å². The van der Waals surface area contributed by atoms with Crippen LogP contribution in [0.5, 0.6) is 0 Å². The number of likely N-dealkylation sites (tertiary alicyclic amines) is 1. The lowest BCUT2D eigenvalue weighted by Crippen LogP contribution is -2.49. The van der Waals surface area contributed by atoms with Crippen LogP contribution in [-0.4, -0.2) is 36.0 Å². The maximum absolute atomic E-state index is 12.5. The van der Waals surface area contributed by atoms with Crippen LogP contribution >= 0.6 is 0 Å². The topological polar surface area (TPSA) is 32.3 Å². The summed E-state index contributed by atoms with van der Waals surface area (Å²) in [4.78, 5) is 14.7. The van der Waals surface area contributed by atoms with Crippen LogP contribution in [0.1, 0.15) is 64.7 Å². The van der Waals surface area contributed by atoms with Gasteiger partial charge >= 0.3 is 0 Å².